The van der Waals surface area contributed by atoms with E-state index in [4.69, 9.17) is 14.2 Å². The van der Waals surface area contributed by atoms with Gasteiger partial charge in [-0.2, -0.15) is 0 Å². The number of aliphatic hydroxyl groups excluding tert-OH is 1. The van der Waals surface area contributed by atoms with Crippen molar-refractivity contribution in [1.82, 2.24) is 4.98 Å². The highest BCUT2D eigenvalue weighted by Gasteiger charge is 2.48. The first-order valence-corrected chi connectivity index (χ1v) is 13.6. The van der Waals surface area contributed by atoms with Gasteiger partial charge in [-0.25, -0.2) is 4.98 Å². The zero-order chi connectivity index (χ0) is 27.1. The Morgan fingerprint density at radius 2 is 1.79 bits per heavy atom. The van der Waals surface area contributed by atoms with E-state index in [-0.39, 0.29) is 11.3 Å². The molecule has 2 aliphatic rings. The van der Waals surface area contributed by atoms with Gasteiger partial charge in [0.2, 0.25) is 0 Å². The molecule has 198 valence electrons. The van der Waals surface area contributed by atoms with Gasteiger partial charge < -0.3 is 19.3 Å². The molecular weight excluding hydrogens is 516 g/mol. The molecular formula is C30H26N2O6S. The highest BCUT2D eigenvalue weighted by molar-refractivity contribution is 7.22. The predicted octanol–water partition coefficient (Wildman–Crippen LogP) is 5.65. The average Bonchev–Trinajstić information content (AvgIpc) is 3.50. The van der Waals surface area contributed by atoms with E-state index in [0.717, 1.165) is 16.7 Å². The van der Waals surface area contributed by atoms with Gasteiger partial charge in [-0.1, -0.05) is 42.5 Å². The van der Waals surface area contributed by atoms with E-state index in [1.165, 1.54) is 16.2 Å². The molecule has 0 spiro atoms. The number of benzene rings is 3. The minimum Gasteiger partial charge on any atom is -0.507 e. The van der Waals surface area contributed by atoms with E-state index in [1.54, 1.807) is 18.2 Å². The van der Waals surface area contributed by atoms with Crippen LogP contribution in [0.4, 0.5) is 5.13 Å². The van der Waals surface area contributed by atoms with Crippen molar-refractivity contribution in [3.8, 4) is 17.2 Å². The second-order valence-corrected chi connectivity index (χ2v) is 10.2. The minimum absolute atomic E-state index is 0.00446. The standard InChI is InChI=1S/C30H26N2O6S/c1-3-17-5-7-18(8-6-17)26-25(27(33)19-9-12-22-23(15-19)38-14-13-37-22)28(34)29(35)32(26)30-31-21-11-10-20(36-4-2)16-24(21)39-30/h5-12,15-16,26,33H,3-4,13-14H2,1-2H3/t26-/m1/s1. The number of aliphatic hydroxyl groups is 1. The number of fused-ring (bicyclic) bond motifs is 2. The van der Waals surface area contributed by atoms with Crippen molar-refractivity contribution >= 4 is 44.1 Å². The van der Waals surface area contributed by atoms with Gasteiger partial charge in [0.25, 0.3) is 5.78 Å². The van der Waals surface area contributed by atoms with Crippen molar-refractivity contribution < 1.29 is 28.9 Å². The summed E-state index contributed by atoms with van der Waals surface area (Å²) in [5.74, 6) is -0.0702. The Morgan fingerprint density at radius 1 is 1.03 bits per heavy atom. The van der Waals surface area contributed by atoms with Crippen molar-refractivity contribution in [3.63, 3.8) is 0 Å². The molecule has 1 fully saturated rings. The molecule has 3 heterocycles. The predicted molar refractivity (Wildman–Crippen MR) is 149 cm³/mol. The number of rotatable bonds is 6. The highest BCUT2D eigenvalue weighted by atomic mass is 32.1. The monoisotopic (exact) mass is 542 g/mol. The maximum atomic E-state index is 13.6. The number of hydrogen-bond donors (Lipinski definition) is 1. The fourth-order valence-corrected chi connectivity index (χ4v) is 5.90. The van der Waals surface area contributed by atoms with Gasteiger partial charge in [-0.05, 0) is 60.9 Å². The molecule has 1 aromatic heterocycles. The Hall–Kier alpha value is -4.37. The SMILES string of the molecule is CCOc1ccc2nc(N3C(=O)C(=O)C(=C(O)c4ccc5c(c4)OCCO5)[C@H]3c3ccc(CC)cc3)sc2c1. The smallest absolute Gasteiger partial charge is 0.301 e. The summed E-state index contributed by atoms with van der Waals surface area (Å²) in [5, 5.41) is 11.9. The summed E-state index contributed by atoms with van der Waals surface area (Å²) in [4.78, 5) is 33.2. The molecule has 0 radical (unpaired) electrons. The number of ether oxygens (including phenoxy) is 3. The summed E-state index contributed by atoms with van der Waals surface area (Å²) in [6, 6.07) is 17.3. The van der Waals surface area contributed by atoms with Gasteiger partial charge in [0, 0.05) is 5.56 Å². The van der Waals surface area contributed by atoms with Crippen LogP contribution in [0.3, 0.4) is 0 Å². The number of aromatic nitrogens is 1. The van der Waals surface area contributed by atoms with E-state index in [2.05, 4.69) is 11.9 Å². The number of hydrogen-bond acceptors (Lipinski definition) is 8. The fraction of sp³-hybridized carbons (Fsp3) is 0.233. The summed E-state index contributed by atoms with van der Waals surface area (Å²) >= 11 is 1.30. The highest BCUT2D eigenvalue weighted by Crippen LogP contribution is 2.45. The number of aryl methyl sites for hydroxylation is 1. The first kappa shape index (κ1) is 24.9. The van der Waals surface area contributed by atoms with Crippen LogP contribution < -0.4 is 19.1 Å². The van der Waals surface area contributed by atoms with Crippen molar-refractivity contribution in [2.24, 2.45) is 0 Å². The van der Waals surface area contributed by atoms with Gasteiger partial charge in [-0.3, -0.25) is 14.5 Å². The molecule has 0 aliphatic carbocycles. The Labute approximate surface area is 229 Å². The van der Waals surface area contributed by atoms with Gasteiger partial charge in [0.05, 0.1) is 28.4 Å². The van der Waals surface area contributed by atoms with Crippen LogP contribution in [0, 0.1) is 0 Å². The number of anilines is 1. The average molecular weight is 543 g/mol. The quantitative estimate of drug-likeness (QED) is 0.191. The lowest BCUT2D eigenvalue weighted by Crippen LogP contribution is -2.29. The molecule has 0 bridgehead atoms. The molecule has 4 aromatic rings. The maximum absolute atomic E-state index is 13.6. The molecule has 1 N–H and O–H groups in total. The van der Waals surface area contributed by atoms with Crippen LogP contribution in [-0.2, 0) is 16.0 Å². The summed E-state index contributed by atoms with van der Waals surface area (Å²) in [6.45, 7) is 5.31. The molecule has 2 aliphatic heterocycles. The molecule has 1 atom stereocenters. The molecule has 39 heavy (non-hydrogen) atoms. The normalized spacial score (nSPS) is 18.1. The molecule has 8 nitrogen and oxygen atoms in total. The van der Waals surface area contributed by atoms with Crippen molar-refractivity contribution in [2.75, 3.05) is 24.7 Å². The van der Waals surface area contributed by atoms with E-state index in [9.17, 15) is 14.7 Å². The summed E-state index contributed by atoms with van der Waals surface area (Å²) in [5.41, 5.74) is 2.85. The third kappa shape index (κ3) is 4.38. The third-order valence-corrected chi connectivity index (χ3v) is 7.85. The number of nitrogens with zero attached hydrogens (tertiary/aromatic N) is 2. The summed E-state index contributed by atoms with van der Waals surface area (Å²) in [6.07, 6.45) is 0.845. The lowest BCUT2D eigenvalue weighted by molar-refractivity contribution is -0.132. The van der Waals surface area contributed by atoms with Crippen molar-refractivity contribution in [1.29, 1.82) is 0 Å². The number of amides is 1. The molecule has 0 saturated carbocycles. The van der Waals surface area contributed by atoms with Crippen LogP contribution in [0.25, 0.3) is 16.0 Å². The first-order chi connectivity index (χ1) is 19.0. The third-order valence-electron chi connectivity index (χ3n) is 6.83. The fourth-order valence-electron chi connectivity index (χ4n) is 4.88. The molecule has 1 amide bonds. The Balaban J connectivity index is 1.50. The zero-order valence-electron chi connectivity index (χ0n) is 21.5. The molecule has 0 unspecified atom stereocenters. The van der Waals surface area contributed by atoms with Crippen molar-refractivity contribution in [3.05, 3.63) is 82.9 Å². The van der Waals surface area contributed by atoms with E-state index >= 15 is 0 Å². The number of carbonyl (C=O) groups is 2. The van der Waals surface area contributed by atoms with Crippen LogP contribution in [0.1, 0.15) is 36.6 Å². The van der Waals surface area contributed by atoms with Gasteiger partial charge in [0.15, 0.2) is 16.6 Å². The van der Waals surface area contributed by atoms with E-state index < -0.39 is 17.7 Å². The van der Waals surface area contributed by atoms with Crippen LogP contribution in [0.15, 0.2) is 66.2 Å². The maximum Gasteiger partial charge on any atom is 0.301 e. The largest absolute Gasteiger partial charge is 0.507 e. The second kappa shape index (κ2) is 10.1. The van der Waals surface area contributed by atoms with Gasteiger partial charge in [-0.15, -0.1) is 0 Å². The van der Waals surface area contributed by atoms with E-state index in [0.29, 0.717) is 58.8 Å². The van der Waals surface area contributed by atoms with Crippen LogP contribution in [0.5, 0.6) is 17.2 Å². The zero-order valence-corrected chi connectivity index (χ0v) is 22.3. The lowest BCUT2D eigenvalue weighted by Gasteiger charge is -2.23. The van der Waals surface area contributed by atoms with E-state index in [1.807, 2.05) is 49.4 Å². The number of Topliss-reactive ketones (excluding diaryl/α,β-unsaturated/α-hetero) is 1. The van der Waals surface area contributed by atoms with Crippen LogP contribution in [0.2, 0.25) is 0 Å². The summed E-state index contributed by atoms with van der Waals surface area (Å²) in [7, 11) is 0. The lowest BCUT2D eigenvalue weighted by atomic mass is 9.94. The van der Waals surface area contributed by atoms with Crippen molar-refractivity contribution in [2.45, 2.75) is 26.3 Å². The number of ketones is 1. The second-order valence-electron chi connectivity index (χ2n) is 9.18. The topological polar surface area (TPSA) is 98.2 Å². The number of carbonyl (C=O) groups excluding carboxylic acids is 2. The molecule has 1 saturated heterocycles. The molecule has 6 rings (SSSR count). The Bertz CT molecular complexity index is 1620. The van der Waals surface area contributed by atoms with Crippen LogP contribution in [-0.4, -0.2) is 41.6 Å². The van der Waals surface area contributed by atoms with Crippen LogP contribution >= 0.6 is 11.3 Å². The van der Waals surface area contributed by atoms with Gasteiger partial charge in [0.1, 0.15) is 24.7 Å². The number of thiazole rings is 1. The Kier molecular flexibility index (Phi) is 6.44. The molecule has 3 aromatic carbocycles. The van der Waals surface area contributed by atoms with Gasteiger partial charge >= 0.3 is 5.91 Å². The minimum atomic E-state index is -0.865. The first-order valence-electron chi connectivity index (χ1n) is 12.8. The molecule has 9 heteroatoms. The summed E-state index contributed by atoms with van der Waals surface area (Å²) < 4.78 is 17.7. The Morgan fingerprint density at radius 3 is 2.54 bits per heavy atom.